The van der Waals surface area contributed by atoms with Crippen LogP contribution in [0.2, 0.25) is 0 Å². The van der Waals surface area contributed by atoms with E-state index >= 15 is 0 Å². The second kappa shape index (κ2) is 10.3. The molecule has 2 amide bonds. The van der Waals surface area contributed by atoms with Crippen molar-refractivity contribution in [2.24, 2.45) is 0 Å². The Morgan fingerprint density at radius 2 is 1.91 bits per heavy atom. The number of nitrogens with one attached hydrogen (secondary N) is 1. The Bertz CT molecular complexity index is 1080. The number of carboxylic acid groups (broad SMARTS) is 1. The number of rotatable bonds is 8. The first-order valence-corrected chi connectivity index (χ1v) is 10.8. The van der Waals surface area contributed by atoms with E-state index in [9.17, 15) is 19.5 Å². The van der Waals surface area contributed by atoms with E-state index in [1.807, 2.05) is 0 Å². The molecule has 1 unspecified atom stereocenters. The van der Waals surface area contributed by atoms with Crippen molar-refractivity contribution in [1.29, 1.82) is 0 Å². The number of para-hydroxylation sites is 1. The number of aliphatic carboxylic acids is 1. The normalized spacial score (nSPS) is 15.6. The highest BCUT2D eigenvalue weighted by Crippen LogP contribution is 2.33. The van der Waals surface area contributed by atoms with Gasteiger partial charge in [-0.15, -0.1) is 0 Å². The number of hydrazine groups is 1. The smallest absolute Gasteiger partial charge is 0.344 e. The van der Waals surface area contributed by atoms with Crippen molar-refractivity contribution in [2.45, 2.75) is 19.4 Å². The van der Waals surface area contributed by atoms with E-state index in [4.69, 9.17) is 21.7 Å². The highest BCUT2D eigenvalue weighted by atomic mass is 32.2. The van der Waals surface area contributed by atoms with Crippen LogP contribution in [0.5, 0.6) is 11.5 Å². The summed E-state index contributed by atoms with van der Waals surface area (Å²) in [6, 6.07) is 13.2. The minimum absolute atomic E-state index is 0.165. The molecule has 1 fully saturated rings. The SMILES string of the molecule is CCC(Oc1ccccc1/C=C1/SC(=S)N(NC(=O)c2ccc(OC)cc2)C1=O)C(=O)O. The highest BCUT2D eigenvalue weighted by molar-refractivity contribution is 8.26. The van der Waals surface area contributed by atoms with E-state index < -0.39 is 23.9 Å². The minimum atomic E-state index is -1.07. The topological polar surface area (TPSA) is 105 Å². The van der Waals surface area contributed by atoms with E-state index in [0.29, 0.717) is 22.6 Å². The van der Waals surface area contributed by atoms with Gasteiger partial charge >= 0.3 is 5.97 Å². The maximum absolute atomic E-state index is 12.9. The van der Waals surface area contributed by atoms with Crippen LogP contribution in [0.3, 0.4) is 0 Å². The molecule has 1 heterocycles. The molecule has 166 valence electrons. The number of nitrogens with zero attached hydrogens (tertiary/aromatic N) is 1. The molecule has 0 spiro atoms. The number of benzene rings is 2. The molecular formula is C22H20N2O6S2. The molecule has 32 heavy (non-hydrogen) atoms. The number of thiocarbonyl (C=S) groups is 1. The van der Waals surface area contributed by atoms with Crippen LogP contribution in [-0.2, 0) is 9.59 Å². The predicted molar refractivity (Wildman–Crippen MR) is 124 cm³/mol. The zero-order chi connectivity index (χ0) is 23.3. The monoisotopic (exact) mass is 472 g/mol. The summed E-state index contributed by atoms with van der Waals surface area (Å²) in [6.07, 6.45) is 0.828. The van der Waals surface area contributed by atoms with Crippen molar-refractivity contribution >= 4 is 52.2 Å². The summed E-state index contributed by atoms with van der Waals surface area (Å²) in [5.74, 6) is -1.14. The van der Waals surface area contributed by atoms with Crippen LogP contribution in [0.25, 0.3) is 6.08 Å². The van der Waals surface area contributed by atoms with Crippen LogP contribution in [0.15, 0.2) is 53.4 Å². The third-order valence-electron chi connectivity index (χ3n) is 4.48. The Hall–Kier alpha value is -3.37. The van der Waals surface area contributed by atoms with Crippen molar-refractivity contribution in [2.75, 3.05) is 7.11 Å². The molecule has 8 nitrogen and oxygen atoms in total. The summed E-state index contributed by atoms with van der Waals surface area (Å²) in [5.41, 5.74) is 3.37. The van der Waals surface area contributed by atoms with Crippen molar-refractivity contribution in [3.63, 3.8) is 0 Å². The van der Waals surface area contributed by atoms with Crippen molar-refractivity contribution in [3.05, 3.63) is 64.6 Å². The lowest BCUT2D eigenvalue weighted by atomic mass is 10.1. The van der Waals surface area contributed by atoms with Gasteiger partial charge in [-0.3, -0.25) is 15.0 Å². The van der Waals surface area contributed by atoms with Crippen molar-refractivity contribution in [1.82, 2.24) is 10.4 Å². The number of carbonyl (C=O) groups is 3. The first-order valence-electron chi connectivity index (χ1n) is 9.55. The molecule has 2 N–H and O–H groups in total. The van der Waals surface area contributed by atoms with Gasteiger partial charge in [-0.2, -0.15) is 5.01 Å². The Labute approximate surface area is 194 Å². The van der Waals surface area contributed by atoms with Crippen LogP contribution < -0.4 is 14.9 Å². The lowest BCUT2D eigenvalue weighted by Crippen LogP contribution is -2.44. The summed E-state index contributed by atoms with van der Waals surface area (Å²) < 4.78 is 10.8. The fraction of sp³-hybridized carbons (Fsp3) is 0.182. The number of methoxy groups -OCH3 is 1. The third kappa shape index (κ3) is 5.27. The van der Waals surface area contributed by atoms with Gasteiger partial charge in [-0.25, -0.2) is 4.79 Å². The number of hydrogen-bond donors (Lipinski definition) is 2. The molecule has 3 rings (SSSR count). The number of hydrogen-bond acceptors (Lipinski definition) is 7. The molecule has 1 aliphatic heterocycles. The van der Waals surface area contributed by atoms with Gasteiger partial charge in [-0.05, 0) is 55.0 Å². The Kier molecular flexibility index (Phi) is 7.49. The number of carboxylic acids is 1. The van der Waals surface area contributed by atoms with Crippen LogP contribution in [-0.4, -0.2) is 45.4 Å². The predicted octanol–water partition coefficient (Wildman–Crippen LogP) is 3.48. The molecule has 0 bridgehead atoms. The van der Waals surface area contributed by atoms with Gasteiger partial charge in [0.1, 0.15) is 11.5 Å². The molecule has 0 aromatic heterocycles. The lowest BCUT2D eigenvalue weighted by Gasteiger charge is -2.16. The van der Waals surface area contributed by atoms with Crippen LogP contribution in [0, 0.1) is 0 Å². The fourth-order valence-electron chi connectivity index (χ4n) is 2.78. The Morgan fingerprint density at radius 1 is 1.22 bits per heavy atom. The number of carbonyl (C=O) groups excluding carboxylic acids is 2. The standard InChI is InChI=1S/C22H20N2O6S2/c1-3-16(21(27)28)30-17-7-5-4-6-14(17)12-18-20(26)24(22(31)32-18)23-19(25)13-8-10-15(29-2)11-9-13/h4-12,16H,3H2,1-2H3,(H,23,25)(H,27,28)/b18-12+. The molecule has 0 aliphatic carbocycles. The highest BCUT2D eigenvalue weighted by Gasteiger charge is 2.34. The summed E-state index contributed by atoms with van der Waals surface area (Å²) in [5, 5.41) is 10.3. The zero-order valence-electron chi connectivity index (χ0n) is 17.2. The van der Waals surface area contributed by atoms with Gasteiger partial charge < -0.3 is 14.6 Å². The van der Waals surface area contributed by atoms with Crippen molar-refractivity contribution < 1.29 is 29.0 Å². The maximum atomic E-state index is 12.9. The quantitative estimate of drug-likeness (QED) is 0.444. The second-order valence-corrected chi connectivity index (χ2v) is 8.25. The molecule has 10 heteroatoms. The Morgan fingerprint density at radius 3 is 2.53 bits per heavy atom. The number of ether oxygens (including phenoxy) is 2. The van der Waals surface area contributed by atoms with Gasteiger partial charge in [0.2, 0.25) is 0 Å². The fourth-order valence-corrected chi connectivity index (χ4v) is 3.95. The van der Waals surface area contributed by atoms with Gasteiger partial charge in [0.15, 0.2) is 10.4 Å². The maximum Gasteiger partial charge on any atom is 0.344 e. The molecule has 1 atom stereocenters. The molecule has 0 radical (unpaired) electrons. The van der Waals surface area contributed by atoms with Crippen molar-refractivity contribution in [3.8, 4) is 11.5 Å². The van der Waals surface area contributed by atoms with Crippen LogP contribution >= 0.6 is 24.0 Å². The minimum Gasteiger partial charge on any atom is -0.497 e. The first-order chi connectivity index (χ1) is 15.3. The second-order valence-electron chi connectivity index (χ2n) is 6.58. The Balaban J connectivity index is 1.78. The number of thioether (sulfide) groups is 1. The largest absolute Gasteiger partial charge is 0.497 e. The number of amides is 2. The third-order valence-corrected chi connectivity index (χ3v) is 5.78. The molecule has 2 aromatic carbocycles. The van der Waals surface area contributed by atoms with E-state index in [2.05, 4.69) is 5.43 Å². The van der Waals surface area contributed by atoms with E-state index in [-0.39, 0.29) is 15.6 Å². The summed E-state index contributed by atoms with van der Waals surface area (Å²) >= 11 is 6.28. The van der Waals surface area contributed by atoms with E-state index in [1.54, 1.807) is 61.5 Å². The lowest BCUT2D eigenvalue weighted by molar-refractivity contribution is -0.145. The van der Waals surface area contributed by atoms with E-state index in [1.165, 1.54) is 7.11 Å². The summed E-state index contributed by atoms with van der Waals surface area (Å²) in [7, 11) is 1.52. The van der Waals surface area contributed by atoms with Gasteiger partial charge in [0, 0.05) is 11.1 Å². The molecule has 1 aliphatic rings. The van der Waals surface area contributed by atoms with Gasteiger partial charge in [-0.1, -0.05) is 36.9 Å². The first kappa shape index (κ1) is 23.3. The van der Waals surface area contributed by atoms with Crippen LogP contribution in [0.4, 0.5) is 0 Å². The summed E-state index contributed by atoms with van der Waals surface area (Å²) in [6.45, 7) is 1.71. The average Bonchev–Trinajstić information content (AvgIpc) is 3.05. The summed E-state index contributed by atoms with van der Waals surface area (Å²) in [4.78, 5) is 37.0. The zero-order valence-corrected chi connectivity index (χ0v) is 18.9. The van der Waals surface area contributed by atoms with E-state index in [0.717, 1.165) is 16.8 Å². The molecule has 0 saturated carbocycles. The average molecular weight is 473 g/mol. The molecular weight excluding hydrogens is 452 g/mol. The molecule has 2 aromatic rings. The van der Waals surface area contributed by atoms with Crippen LogP contribution in [0.1, 0.15) is 29.3 Å². The molecule has 1 saturated heterocycles. The van der Waals surface area contributed by atoms with Gasteiger partial charge in [0.25, 0.3) is 11.8 Å². The van der Waals surface area contributed by atoms with Gasteiger partial charge in [0.05, 0.1) is 12.0 Å².